The second kappa shape index (κ2) is 7.77. The molecule has 0 aliphatic carbocycles. The smallest absolute Gasteiger partial charge is 0.308 e. The van der Waals surface area contributed by atoms with Crippen LogP contribution in [0.1, 0.15) is 26.2 Å². The first-order chi connectivity index (χ1) is 9.87. The van der Waals surface area contributed by atoms with Crippen molar-refractivity contribution in [1.29, 1.82) is 0 Å². The maximum absolute atomic E-state index is 12.7. The highest BCUT2D eigenvalue weighted by molar-refractivity contribution is 6.83. The maximum Gasteiger partial charge on any atom is 0.308 e. The van der Waals surface area contributed by atoms with Crippen molar-refractivity contribution in [2.45, 2.75) is 76.0 Å². The molecule has 0 aromatic rings. The molecule has 0 aliphatic rings. The quantitative estimate of drug-likeness (QED) is 0.485. The summed E-state index contributed by atoms with van der Waals surface area (Å²) in [7, 11) is -0.822. The highest BCUT2D eigenvalue weighted by Crippen LogP contribution is 2.52. The van der Waals surface area contributed by atoms with Crippen molar-refractivity contribution < 1.29 is 19.1 Å². The van der Waals surface area contributed by atoms with Gasteiger partial charge < -0.3 is 9.47 Å². The van der Waals surface area contributed by atoms with Gasteiger partial charge in [0.05, 0.1) is 40.9 Å². The summed E-state index contributed by atoms with van der Waals surface area (Å²) >= 11 is 0. The summed E-state index contributed by atoms with van der Waals surface area (Å²) in [6.07, 6.45) is 2.23. The van der Waals surface area contributed by atoms with Crippen LogP contribution in [0.25, 0.3) is 0 Å². The molecule has 0 N–H and O–H groups in total. The minimum Gasteiger partial charge on any atom is -0.469 e. The Balaban J connectivity index is 5.97. The van der Waals surface area contributed by atoms with Gasteiger partial charge in [0.25, 0.3) is 0 Å². The fourth-order valence-electron chi connectivity index (χ4n) is 3.13. The summed E-state index contributed by atoms with van der Waals surface area (Å²) in [5, 5.41) is -0.532. The third-order valence-corrected chi connectivity index (χ3v) is 10.8. The molecule has 4 nitrogen and oxygen atoms in total. The molecule has 0 heterocycles. The molecule has 2 atom stereocenters. The van der Waals surface area contributed by atoms with Crippen LogP contribution in [-0.2, 0) is 19.1 Å². The minimum absolute atomic E-state index is 0.152. The highest BCUT2D eigenvalue weighted by atomic mass is 28.3. The molecule has 0 unspecified atom stereocenters. The lowest BCUT2D eigenvalue weighted by atomic mass is 9.96. The van der Waals surface area contributed by atoms with Gasteiger partial charge in [0, 0.05) is 0 Å². The molecule has 0 aromatic heterocycles. The van der Waals surface area contributed by atoms with Crippen molar-refractivity contribution in [3.8, 4) is 0 Å². The van der Waals surface area contributed by atoms with E-state index in [1.54, 1.807) is 0 Å². The third kappa shape index (κ3) is 4.68. The Morgan fingerprint density at radius 1 is 1.00 bits per heavy atom. The lowest BCUT2D eigenvalue weighted by Gasteiger charge is -2.44. The van der Waals surface area contributed by atoms with Gasteiger partial charge in [-0.2, -0.15) is 0 Å². The Bertz CT molecular complexity index is 396. The summed E-state index contributed by atoms with van der Waals surface area (Å²) in [6, 6.07) is 0. The molecular weight excluding hydrogens is 312 g/mol. The molecule has 130 valence electrons. The fourth-order valence-corrected chi connectivity index (χ4v) is 7.65. The second-order valence-electron chi connectivity index (χ2n) is 8.22. The standard InChI is InChI=1S/C16H34O4Si2/c1-10-11-16(15(18)20-3,22(7,8)9)12-13(14(17)19-2)21(4,5)6/h13H,10-12H2,1-9H3/t13-,16-/m0/s1. The zero-order valence-electron chi connectivity index (χ0n) is 15.8. The predicted octanol–water partition coefficient (Wildman–Crippen LogP) is 4.31. The van der Waals surface area contributed by atoms with Crippen LogP contribution in [0.3, 0.4) is 0 Å². The lowest BCUT2D eigenvalue weighted by Crippen LogP contribution is -2.49. The molecule has 0 rings (SSSR count). The van der Waals surface area contributed by atoms with Gasteiger partial charge in [0.15, 0.2) is 0 Å². The Morgan fingerprint density at radius 2 is 1.50 bits per heavy atom. The number of hydrogen-bond acceptors (Lipinski definition) is 4. The van der Waals surface area contributed by atoms with E-state index in [-0.39, 0.29) is 17.5 Å². The van der Waals surface area contributed by atoms with E-state index < -0.39 is 21.2 Å². The summed E-state index contributed by atoms with van der Waals surface area (Å²) in [6.45, 7) is 15.1. The molecule has 6 heteroatoms. The van der Waals surface area contributed by atoms with Gasteiger partial charge in [-0.25, -0.2) is 0 Å². The largest absolute Gasteiger partial charge is 0.469 e. The van der Waals surface area contributed by atoms with E-state index in [0.29, 0.717) is 6.42 Å². The molecular formula is C16H34O4Si2. The third-order valence-electron chi connectivity index (χ3n) is 4.77. The van der Waals surface area contributed by atoms with Crippen LogP contribution >= 0.6 is 0 Å². The first-order valence-electron chi connectivity index (χ1n) is 8.03. The van der Waals surface area contributed by atoms with Gasteiger partial charge in [-0.3, -0.25) is 9.59 Å². The van der Waals surface area contributed by atoms with Crippen molar-refractivity contribution >= 4 is 28.1 Å². The summed E-state index contributed by atoms with van der Waals surface area (Å²) in [5.74, 6) is -0.331. The highest BCUT2D eigenvalue weighted by Gasteiger charge is 2.53. The van der Waals surface area contributed by atoms with Gasteiger partial charge in [-0.1, -0.05) is 52.6 Å². The van der Waals surface area contributed by atoms with E-state index in [2.05, 4.69) is 46.2 Å². The van der Waals surface area contributed by atoms with Gasteiger partial charge in [0.1, 0.15) is 0 Å². The molecule has 0 aliphatic heterocycles. The first kappa shape index (κ1) is 21.4. The van der Waals surface area contributed by atoms with Crippen molar-refractivity contribution in [3.63, 3.8) is 0 Å². The Labute approximate surface area is 138 Å². The summed E-state index contributed by atoms with van der Waals surface area (Å²) in [5.41, 5.74) is -0.185. The van der Waals surface area contributed by atoms with E-state index in [4.69, 9.17) is 9.47 Å². The molecule has 0 saturated carbocycles. The van der Waals surface area contributed by atoms with Crippen molar-refractivity contribution in [1.82, 2.24) is 0 Å². The summed E-state index contributed by atoms with van der Waals surface area (Å²) < 4.78 is 10.2. The minimum atomic E-state index is -1.90. The average Bonchev–Trinajstić information content (AvgIpc) is 2.38. The van der Waals surface area contributed by atoms with E-state index in [1.165, 1.54) is 14.2 Å². The van der Waals surface area contributed by atoms with Crippen molar-refractivity contribution in [3.05, 3.63) is 0 Å². The fraction of sp³-hybridized carbons (Fsp3) is 0.875. The van der Waals surface area contributed by atoms with Crippen molar-refractivity contribution in [2.75, 3.05) is 14.2 Å². The van der Waals surface area contributed by atoms with E-state index in [1.807, 2.05) is 0 Å². The molecule has 0 aromatic carbocycles. The molecule has 0 spiro atoms. The lowest BCUT2D eigenvalue weighted by molar-refractivity contribution is -0.146. The van der Waals surface area contributed by atoms with E-state index >= 15 is 0 Å². The van der Waals surface area contributed by atoms with E-state index in [0.717, 1.165) is 12.8 Å². The Kier molecular flexibility index (Phi) is 7.55. The molecule has 0 saturated heterocycles. The molecule has 22 heavy (non-hydrogen) atoms. The van der Waals surface area contributed by atoms with Crippen LogP contribution in [0.4, 0.5) is 0 Å². The number of rotatable bonds is 8. The Hall–Kier alpha value is -0.626. The monoisotopic (exact) mass is 346 g/mol. The number of esters is 2. The SMILES string of the molecule is CCC[C@](C[C@@H](C(=O)OC)[Si](C)(C)C)(C(=O)OC)[Si](C)(C)C. The molecule has 0 bridgehead atoms. The average molecular weight is 347 g/mol. The van der Waals surface area contributed by atoms with Gasteiger partial charge in [0.2, 0.25) is 0 Å². The number of carbonyl (C=O) groups excluding carboxylic acids is 2. The molecule has 0 fully saturated rings. The number of hydrogen-bond donors (Lipinski definition) is 0. The Morgan fingerprint density at radius 3 is 1.77 bits per heavy atom. The number of ether oxygens (including phenoxy) is 2. The number of carbonyl (C=O) groups is 2. The number of methoxy groups -OCH3 is 2. The topological polar surface area (TPSA) is 52.6 Å². The summed E-state index contributed by atoms with van der Waals surface area (Å²) in [4.78, 5) is 25.1. The maximum atomic E-state index is 12.7. The van der Waals surface area contributed by atoms with E-state index in [9.17, 15) is 9.59 Å². The van der Waals surface area contributed by atoms with Gasteiger partial charge in [-0.15, -0.1) is 0 Å². The molecule has 0 amide bonds. The molecule has 0 radical (unpaired) electrons. The predicted molar refractivity (Wildman–Crippen MR) is 96.7 cm³/mol. The zero-order valence-corrected chi connectivity index (χ0v) is 17.8. The van der Waals surface area contributed by atoms with Gasteiger partial charge in [-0.05, 0) is 12.8 Å². The van der Waals surface area contributed by atoms with Crippen molar-refractivity contribution in [2.24, 2.45) is 0 Å². The van der Waals surface area contributed by atoms with Crippen LogP contribution < -0.4 is 0 Å². The van der Waals surface area contributed by atoms with Crippen LogP contribution in [0, 0.1) is 0 Å². The van der Waals surface area contributed by atoms with Crippen LogP contribution in [-0.4, -0.2) is 42.3 Å². The first-order valence-corrected chi connectivity index (χ1v) is 15.1. The second-order valence-corrected chi connectivity index (χ2v) is 19.1. The van der Waals surface area contributed by atoms with Crippen LogP contribution in [0.2, 0.25) is 49.9 Å². The van der Waals surface area contributed by atoms with Gasteiger partial charge >= 0.3 is 11.9 Å². The van der Waals surface area contributed by atoms with Crippen LogP contribution in [0.5, 0.6) is 0 Å². The van der Waals surface area contributed by atoms with Crippen LogP contribution in [0.15, 0.2) is 0 Å². The zero-order chi connectivity index (χ0) is 17.8. The normalized spacial score (nSPS) is 16.6.